The summed E-state index contributed by atoms with van der Waals surface area (Å²) in [7, 11) is 0. The number of hydrogen-bond donors (Lipinski definition) is 1. The zero-order valence-electron chi connectivity index (χ0n) is 10.2. The fourth-order valence-corrected chi connectivity index (χ4v) is 4.18. The van der Waals surface area contributed by atoms with Crippen molar-refractivity contribution in [2.45, 2.75) is 32.1 Å². The molecule has 1 aliphatic rings. The monoisotopic (exact) mass is 261 g/mol. The van der Waals surface area contributed by atoms with Gasteiger partial charge in [-0.25, -0.2) is 4.79 Å². The molecule has 3 nitrogen and oxygen atoms in total. The summed E-state index contributed by atoms with van der Waals surface area (Å²) in [4.78, 5) is 12.8. The number of aryl methyl sites for hydroxylation is 1. The van der Waals surface area contributed by atoms with Crippen molar-refractivity contribution in [3.05, 3.63) is 40.5 Å². The molecule has 3 rings (SSSR count). The maximum absolute atomic E-state index is 11.6. The van der Waals surface area contributed by atoms with Crippen LogP contribution in [-0.4, -0.2) is 15.6 Å². The first kappa shape index (κ1) is 11.5. The molecule has 0 saturated carbocycles. The van der Waals surface area contributed by atoms with Crippen LogP contribution in [0.15, 0.2) is 24.5 Å². The molecular weight excluding hydrogens is 246 g/mol. The van der Waals surface area contributed by atoms with Gasteiger partial charge in [0.1, 0.15) is 5.00 Å². The molecule has 1 aliphatic carbocycles. The molecule has 0 fully saturated rings. The lowest BCUT2D eigenvalue weighted by Gasteiger charge is -2.19. The van der Waals surface area contributed by atoms with E-state index >= 15 is 0 Å². The van der Waals surface area contributed by atoms with Crippen molar-refractivity contribution in [1.29, 1.82) is 0 Å². The molecule has 94 valence electrons. The maximum Gasteiger partial charge on any atom is 0.339 e. The second kappa shape index (κ2) is 4.28. The average Bonchev–Trinajstić information content (AvgIpc) is 2.95. The largest absolute Gasteiger partial charge is 0.478 e. The van der Waals surface area contributed by atoms with Gasteiger partial charge in [0.15, 0.2) is 0 Å². The van der Waals surface area contributed by atoms with Gasteiger partial charge in [-0.2, -0.15) is 0 Å². The zero-order valence-corrected chi connectivity index (χ0v) is 11.0. The number of thiophene rings is 1. The first-order valence-corrected chi connectivity index (χ1v) is 7.02. The fraction of sp³-hybridized carbons (Fsp3) is 0.357. The summed E-state index contributed by atoms with van der Waals surface area (Å²) in [5.74, 6) is -0.439. The molecule has 0 bridgehead atoms. The third kappa shape index (κ3) is 1.68. The maximum atomic E-state index is 11.6. The van der Waals surface area contributed by atoms with E-state index in [0.717, 1.165) is 23.4 Å². The number of aromatic nitrogens is 1. The molecule has 4 heteroatoms. The highest BCUT2D eigenvalue weighted by atomic mass is 32.1. The van der Waals surface area contributed by atoms with Crippen LogP contribution in [0.3, 0.4) is 0 Å². The van der Waals surface area contributed by atoms with Gasteiger partial charge in [0.2, 0.25) is 0 Å². The van der Waals surface area contributed by atoms with E-state index in [1.807, 2.05) is 29.1 Å². The van der Waals surface area contributed by atoms with Crippen LogP contribution in [0.25, 0.3) is 5.00 Å². The van der Waals surface area contributed by atoms with Gasteiger partial charge >= 0.3 is 5.97 Å². The average molecular weight is 261 g/mol. The Balaban J connectivity index is 2.24. The van der Waals surface area contributed by atoms with Crippen LogP contribution in [0.4, 0.5) is 0 Å². The molecule has 1 N–H and O–H groups in total. The second-order valence-corrected chi connectivity index (χ2v) is 5.89. The van der Waals surface area contributed by atoms with Crippen LogP contribution in [0.5, 0.6) is 0 Å². The highest BCUT2D eigenvalue weighted by Crippen LogP contribution is 2.42. The quantitative estimate of drug-likeness (QED) is 0.896. The summed E-state index contributed by atoms with van der Waals surface area (Å²) in [6.07, 6.45) is 7.10. The Hall–Kier alpha value is -1.55. The lowest BCUT2D eigenvalue weighted by Crippen LogP contribution is -2.10. The molecule has 0 aliphatic heterocycles. The Labute approximate surface area is 110 Å². The zero-order chi connectivity index (χ0) is 12.7. The number of carboxylic acid groups (broad SMARTS) is 1. The molecule has 2 aromatic rings. The number of fused-ring (bicyclic) bond motifs is 1. The van der Waals surface area contributed by atoms with E-state index in [4.69, 9.17) is 0 Å². The molecule has 0 aromatic carbocycles. The number of aromatic carboxylic acids is 1. The second-order valence-electron chi connectivity index (χ2n) is 4.81. The van der Waals surface area contributed by atoms with Crippen molar-refractivity contribution >= 4 is 17.3 Å². The van der Waals surface area contributed by atoms with Crippen molar-refractivity contribution < 1.29 is 9.90 Å². The summed E-state index contributed by atoms with van der Waals surface area (Å²) < 4.78 is 1.92. The first-order chi connectivity index (χ1) is 8.68. The van der Waals surface area contributed by atoms with Gasteiger partial charge in [0, 0.05) is 17.3 Å². The summed E-state index contributed by atoms with van der Waals surface area (Å²) >= 11 is 1.63. The topological polar surface area (TPSA) is 42.2 Å². The van der Waals surface area contributed by atoms with Gasteiger partial charge < -0.3 is 9.67 Å². The van der Waals surface area contributed by atoms with E-state index in [1.165, 1.54) is 11.3 Å². The van der Waals surface area contributed by atoms with E-state index in [9.17, 15) is 9.90 Å². The highest BCUT2D eigenvalue weighted by Gasteiger charge is 2.29. The minimum Gasteiger partial charge on any atom is -0.478 e. The molecular formula is C14H15NO2S. The molecule has 0 amide bonds. The van der Waals surface area contributed by atoms with Crippen LogP contribution in [0.2, 0.25) is 0 Å². The normalized spacial score (nSPS) is 18.6. The van der Waals surface area contributed by atoms with Crippen molar-refractivity contribution in [2.24, 2.45) is 0 Å². The molecule has 1 atom stereocenters. The van der Waals surface area contributed by atoms with Gasteiger partial charge in [0.25, 0.3) is 0 Å². The molecule has 18 heavy (non-hydrogen) atoms. The predicted molar refractivity (Wildman–Crippen MR) is 72.0 cm³/mol. The van der Waals surface area contributed by atoms with Gasteiger partial charge in [0.05, 0.1) is 5.56 Å². The lowest BCUT2D eigenvalue weighted by molar-refractivity contribution is 0.0695. The number of rotatable bonds is 2. The number of carboxylic acids is 1. The van der Waals surface area contributed by atoms with Crippen LogP contribution in [0, 0.1) is 0 Å². The number of hydrogen-bond acceptors (Lipinski definition) is 2. The molecule has 0 spiro atoms. The predicted octanol–water partition coefficient (Wildman–Crippen LogP) is 3.68. The van der Waals surface area contributed by atoms with Crippen LogP contribution >= 0.6 is 11.3 Å². The van der Waals surface area contributed by atoms with E-state index in [0.29, 0.717) is 11.5 Å². The summed E-state index contributed by atoms with van der Waals surface area (Å²) in [5, 5.41) is 10.4. The summed E-state index contributed by atoms with van der Waals surface area (Å²) in [6, 6.07) is 3.85. The molecule has 0 saturated heterocycles. The van der Waals surface area contributed by atoms with Gasteiger partial charge in [-0.3, -0.25) is 0 Å². The number of carbonyl (C=O) groups is 1. The Kier molecular flexibility index (Phi) is 2.74. The van der Waals surface area contributed by atoms with Crippen molar-refractivity contribution in [3.8, 4) is 5.00 Å². The van der Waals surface area contributed by atoms with Gasteiger partial charge in [-0.05, 0) is 42.9 Å². The SMILES string of the molecule is C[C@H]1CCCc2sc(-n3cccc3)c(C(=O)O)c21. The van der Waals surface area contributed by atoms with Crippen molar-refractivity contribution in [3.63, 3.8) is 0 Å². The van der Waals surface area contributed by atoms with E-state index < -0.39 is 5.97 Å². The van der Waals surface area contributed by atoms with Crippen LogP contribution in [0.1, 0.15) is 46.5 Å². The van der Waals surface area contributed by atoms with E-state index in [-0.39, 0.29) is 0 Å². The summed E-state index contributed by atoms with van der Waals surface area (Å²) in [5.41, 5.74) is 1.58. The van der Waals surface area contributed by atoms with E-state index in [1.54, 1.807) is 11.3 Å². The molecule has 0 radical (unpaired) electrons. The van der Waals surface area contributed by atoms with Gasteiger partial charge in [-0.15, -0.1) is 11.3 Å². The first-order valence-electron chi connectivity index (χ1n) is 6.20. The Morgan fingerprint density at radius 3 is 2.83 bits per heavy atom. The van der Waals surface area contributed by atoms with Crippen LogP contribution < -0.4 is 0 Å². The minimum atomic E-state index is -0.801. The van der Waals surface area contributed by atoms with Crippen molar-refractivity contribution in [2.75, 3.05) is 0 Å². The fourth-order valence-electron chi connectivity index (χ4n) is 2.76. The lowest BCUT2D eigenvalue weighted by atomic mass is 9.86. The molecule has 0 unspecified atom stereocenters. The minimum absolute atomic E-state index is 0.361. The smallest absolute Gasteiger partial charge is 0.339 e. The standard InChI is InChI=1S/C14H15NO2S/c1-9-5-4-6-10-11(9)12(14(16)17)13(18-10)15-7-2-3-8-15/h2-3,7-9H,4-6H2,1H3,(H,16,17)/t9-/m0/s1. The summed E-state index contributed by atoms with van der Waals surface area (Å²) in [6.45, 7) is 2.14. The Morgan fingerprint density at radius 1 is 1.44 bits per heavy atom. The van der Waals surface area contributed by atoms with Crippen molar-refractivity contribution in [1.82, 2.24) is 4.57 Å². The number of nitrogens with zero attached hydrogens (tertiary/aromatic N) is 1. The van der Waals surface area contributed by atoms with Gasteiger partial charge in [-0.1, -0.05) is 6.92 Å². The Morgan fingerprint density at radius 2 is 2.17 bits per heavy atom. The van der Waals surface area contributed by atoms with E-state index in [2.05, 4.69) is 6.92 Å². The molecule has 2 aromatic heterocycles. The Bertz CT molecular complexity index is 583. The third-order valence-electron chi connectivity index (χ3n) is 3.59. The highest BCUT2D eigenvalue weighted by molar-refractivity contribution is 7.15. The third-order valence-corrected chi connectivity index (χ3v) is 4.87. The van der Waals surface area contributed by atoms with Crippen LogP contribution in [-0.2, 0) is 6.42 Å². The molecule has 2 heterocycles.